The summed E-state index contributed by atoms with van der Waals surface area (Å²) in [6.07, 6.45) is 5.22. The molecule has 0 amide bonds. The van der Waals surface area contributed by atoms with Crippen LogP contribution in [-0.4, -0.2) is 44.8 Å². The van der Waals surface area contributed by atoms with Crippen LogP contribution >= 0.6 is 11.3 Å². The molecule has 7 nitrogen and oxygen atoms in total. The molecule has 0 bridgehead atoms. The molecule has 1 aliphatic rings. The minimum atomic E-state index is -3.38. The van der Waals surface area contributed by atoms with Crippen LogP contribution < -0.4 is 15.4 Å². The number of piperidine rings is 1. The normalized spacial score (nSPS) is 14.9. The maximum Gasteiger partial charge on any atom is 0.227 e. The van der Waals surface area contributed by atoms with Crippen molar-refractivity contribution in [2.75, 3.05) is 31.8 Å². The first-order valence-corrected chi connectivity index (χ1v) is 13.9. The first-order valence-electron chi connectivity index (χ1n) is 11.1. The summed E-state index contributed by atoms with van der Waals surface area (Å²) in [5.74, 6) is 1.70. The van der Waals surface area contributed by atoms with Crippen LogP contribution in [0.3, 0.4) is 0 Å². The lowest BCUT2D eigenvalue weighted by molar-refractivity contribution is 0.413. The van der Waals surface area contributed by atoms with Gasteiger partial charge in [0.05, 0.1) is 34.1 Å². The van der Waals surface area contributed by atoms with Gasteiger partial charge in [-0.25, -0.2) is 18.4 Å². The van der Waals surface area contributed by atoms with Gasteiger partial charge >= 0.3 is 0 Å². The lowest BCUT2D eigenvalue weighted by Gasteiger charge is -2.24. The minimum absolute atomic E-state index is 0.290. The number of anilines is 2. The Kier molecular flexibility index (Phi) is 6.24. The van der Waals surface area contributed by atoms with Crippen LogP contribution in [0, 0.1) is 0 Å². The van der Waals surface area contributed by atoms with Crippen molar-refractivity contribution in [3.8, 4) is 16.9 Å². The van der Waals surface area contributed by atoms with E-state index in [0.717, 1.165) is 47.6 Å². The third-order valence-electron chi connectivity index (χ3n) is 6.17. The molecule has 1 aliphatic heterocycles. The second-order valence-corrected chi connectivity index (χ2v) is 11.3. The molecule has 9 heteroatoms. The lowest BCUT2D eigenvalue weighted by Crippen LogP contribution is -2.26. The molecule has 0 spiro atoms. The quantitative estimate of drug-likeness (QED) is 0.390. The van der Waals surface area contributed by atoms with Gasteiger partial charge in [0.15, 0.2) is 9.84 Å². The van der Waals surface area contributed by atoms with Crippen LogP contribution in [0.4, 0.5) is 11.6 Å². The van der Waals surface area contributed by atoms with E-state index in [9.17, 15) is 8.42 Å². The Morgan fingerprint density at radius 2 is 1.91 bits per heavy atom. The van der Waals surface area contributed by atoms with Gasteiger partial charge in [-0.2, -0.15) is 0 Å². The first kappa shape index (κ1) is 22.8. The van der Waals surface area contributed by atoms with Crippen molar-refractivity contribution in [2.24, 2.45) is 0 Å². The molecule has 0 saturated carbocycles. The SMILES string of the molecule is COc1cc(C2CCNCC2)ccc1Nc1ncc2scc(-c3ccccc3S(C)(=O)=O)c2n1. The maximum atomic E-state index is 12.3. The number of methoxy groups -OCH3 is 1. The molecule has 34 heavy (non-hydrogen) atoms. The largest absolute Gasteiger partial charge is 0.495 e. The second-order valence-electron chi connectivity index (χ2n) is 8.43. The van der Waals surface area contributed by atoms with E-state index in [4.69, 9.17) is 9.72 Å². The zero-order valence-electron chi connectivity index (χ0n) is 19.0. The van der Waals surface area contributed by atoms with Gasteiger partial charge in [0.1, 0.15) is 5.75 Å². The van der Waals surface area contributed by atoms with Gasteiger partial charge in [-0.1, -0.05) is 24.3 Å². The van der Waals surface area contributed by atoms with Gasteiger partial charge in [-0.15, -0.1) is 11.3 Å². The van der Waals surface area contributed by atoms with Crippen LogP contribution in [-0.2, 0) is 9.84 Å². The molecule has 1 fully saturated rings. The molecule has 0 atom stereocenters. The lowest BCUT2D eigenvalue weighted by atomic mass is 9.90. The number of hydrogen-bond donors (Lipinski definition) is 2. The summed E-state index contributed by atoms with van der Waals surface area (Å²) in [5, 5.41) is 8.62. The Hall–Kier alpha value is -3.01. The third-order valence-corrected chi connectivity index (χ3v) is 8.23. The summed E-state index contributed by atoms with van der Waals surface area (Å²) >= 11 is 1.49. The second kappa shape index (κ2) is 9.32. The molecule has 0 aliphatic carbocycles. The Balaban J connectivity index is 1.50. The van der Waals surface area contributed by atoms with Gasteiger partial charge < -0.3 is 15.4 Å². The smallest absolute Gasteiger partial charge is 0.227 e. The maximum absolute atomic E-state index is 12.3. The van der Waals surface area contributed by atoms with Gasteiger partial charge in [0.2, 0.25) is 5.95 Å². The highest BCUT2D eigenvalue weighted by Crippen LogP contribution is 2.37. The number of benzene rings is 2. The van der Waals surface area contributed by atoms with Crippen LogP contribution in [0.1, 0.15) is 24.3 Å². The van der Waals surface area contributed by atoms with Crippen LogP contribution in [0.25, 0.3) is 21.3 Å². The number of fused-ring (bicyclic) bond motifs is 1. The average Bonchev–Trinajstić information content (AvgIpc) is 3.27. The third kappa shape index (κ3) is 4.51. The number of nitrogens with one attached hydrogen (secondary N) is 2. The summed E-state index contributed by atoms with van der Waals surface area (Å²) in [5.41, 5.74) is 4.19. The number of thiophene rings is 1. The number of aromatic nitrogens is 2. The molecule has 0 radical (unpaired) electrons. The summed E-state index contributed by atoms with van der Waals surface area (Å²) in [6.45, 7) is 2.07. The highest BCUT2D eigenvalue weighted by Gasteiger charge is 2.19. The van der Waals surface area contributed by atoms with Gasteiger partial charge in [-0.3, -0.25) is 0 Å². The van der Waals surface area contributed by atoms with Crippen molar-refractivity contribution < 1.29 is 13.2 Å². The summed E-state index contributed by atoms with van der Waals surface area (Å²) in [7, 11) is -1.72. The Morgan fingerprint density at radius 3 is 2.68 bits per heavy atom. The van der Waals surface area contributed by atoms with E-state index >= 15 is 0 Å². The fourth-order valence-corrected chi connectivity index (χ4v) is 6.20. The van der Waals surface area contributed by atoms with Crippen molar-refractivity contribution in [2.45, 2.75) is 23.7 Å². The molecular formula is C25H26N4O3S2. The number of hydrogen-bond acceptors (Lipinski definition) is 8. The van der Waals surface area contributed by atoms with Gasteiger partial charge in [-0.05, 0) is 55.6 Å². The number of sulfone groups is 1. The van der Waals surface area contributed by atoms with E-state index in [1.807, 2.05) is 23.6 Å². The van der Waals surface area contributed by atoms with E-state index in [1.165, 1.54) is 23.2 Å². The standard InChI is InChI=1S/C25H26N4O3S2/c1-32-21-13-17(16-9-11-26-12-10-16)7-8-20(21)28-25-27-14-22-24(29-25)19(15-33-22)18-5-3-4-6-23(18)34(2,30)31/h3-8,13-16,26H,9-12H2,1-2H3,(H,27,28,29). The highest BCUT2D eigenvalue weighted by atomic mass is 32.2. The molecule has 0 unspecified atom stereocenters. The minimum Gasteiger partial charge on any atom is -0.495 e. The van der Waals surface area contributed by atoms with E-state index in [1.54, 1.807) is 25.4 Å². The predicted molar refractivity (Wildman–Crippen MR) is 137 cm³/mol. The highest BCUT2D eigenvalue weighted by molar-refractivity contribution is 7.90. The molecule has 2 N–H and O–H groups in total. The molecule has 1 saturated heterocycles. The summed E-state index contributed by atoms with van der Waals surface area (Å²) in [6, 6.07) is 13.3. The van der Waals surface area contributed by atoms with Crippen molar-refractivity contribution in [3.63, 3.8) is 0 Å². The fourth-order valence-electron chi connectivity index (χ4n) is 4.43. The Bertz CT molecular complexity index is 1440. The fraction of sp³-hybridized carbons (Fsp3) is 0.280. The summed E-state index contributed by atoms with van der Waals surface area (Å²) in [4.78, 5) is 9.51. The first-order chi connectivity index (χ1) is 16.4. The van der Waals surface area contributed by atoms with Gasteiger partial charge in [0.25, 0.3) is 0 Å². The van der Waals surface area contributed by atoms with Gasteiger partial charge in [0, 0.05) is 22.8 Å². The molecule has 176 valence electrons. The van der Waals surface area contributed by atoms with E-state index < -0.39 is 9.84 Å². The predicted octanol–water partition coefficient (Wildman–Crippen LogP) is 4.98. The van der Waals surface area contributed by atoms with Crippen LogP contribution in [0.15, 0.2) is 58.9 Å². The van der Waals surface area contributed by atoms with Crippen molar-refractivity contribution in [1.82, 2.24) is 15.3 Å². The number of nitrogens with zero attached hydrogens (tertiary/aromatic N) is 2. The molecule has 2 aromatic carbocycles. The molecule has 2 aromatic heterocycles. The van der Waals surface area contributed by atoms with E-state index in [-0.39, 0.29) is 4.90 Å². The monoisotopic (exact) mass is 494 g/mol. The number of ether oxygens (including phenoxy) is 1. The van der Waals surface area contributed by atoms with Crippen molar-refractivity contribution in [3.05, 3.63) is 59.6 Å². The molecule has 4 aromatic rings. The Labute approximate surface area is 203 Å². The van der Waals surface area contributed by atoms with E-state index in [2.05, 4.69) is 27.8 Å². The zero-order valence-corrected chi connectivity index (χ0v) is 20.7. The topological polar surface area (TPSA) is 93.2 Å². The van der Waals surface area contributed by atoms with Crippen LogP contribution in [0.5, 0.6) is 5.75 Å². The van der Waals surface area contributed by atoms with E-state index in [0.29, 0.717) is 22.9 Å². The van der Waals surface area contributed by atoms with Crippen LogP contribution in [0.2, 0.25) is 0 Å². The zero-order chi connectivity index (χ0) is 23.7. The molecule has 3 heterocycles. The van der Waals surface area contributed by atoms with Crippen molar-refractivity contribution >= 4 is 43.0 Å². The average molecular weight is 495 g/mol. The summed E-state index contributed by atoms with van der Waals surface area (Å²) < 4.78 is 31.2. The number of rotatable bonds is 6. The van der Waals surface area contributed by atoms with Crippen molar-refractivity contribution in [1.29, 1.82) is 0 Å². The molecule has 5 rings (SSSR count). The Morgan fingerprint density at radius 1 is 1.12 bits per heavy atom. The molecular weight excluding hydrogens is 468 g/mol.